The van der Waals surface area contributed by atoms with E-state index in [0.717, 1.165) is 25.9 Å². The Balaban J connectivity index is 2.29. The van der Waals surface area contributed by atoms with Crippen LogP contribution in [0.15, 0.2) is 30.3 Å². The van der Waals surface area contributed by atoms with Gasteiger partial charge in [-0.2, -0.15) is 13.2 Å². The van der Waals surface area contributed by atoms with Gasteiger partial charge in [-0.3, -0.25) is 4.90 Å². The number of hydrogen-bond acceptors (Lipinski definition) is 2. The van der Waals surface area contributed by atoms with E-state index >= 15 is 0 Å². The Labute approximate surface area is 118 Å². The highest BCUT2D eigenvalue weighted by molar-refractivity contribution is 5.21. The quantitative estimate of drug-likeness (QED) is 0.913. The Morgan fingerprint density at radius 1 is 1.20 bits per heavy atom. The molecule has 1 fully saturated rings. The maximum Gasteiger partial charge on any atom is 0.408 e. The van der Waals surface area contributed by atoms with Crippen LogP contribution in [0.3, 0.4) is 0 Å². The van der Waals surface area contributed by atoms with Crippen LogP contribution in [-0.2, 0) is 0 Å². The molecule has 1 aromatic carbocycles. The van der Waals surface area contributed by atoms with Crippen molar-refractivity contribution < 1.29 is 13.2 Å². The molecule has 1 aromatic rings. The predicted molar refractivity (Wildman–Crippen MR) is 73.5 cm³/mol. The molecule has 0 aliphatic carbocycles. The van der Waals surface area contributed by atoms with E-state index in [0.29, 0.717) is 12.1 Å². The van der Waals surface area contributed by atoms with Gasteiger partial charge in [0.15, 0.2) is 0 Å². The van der Waals surface area contributed by atoms with Crippen LogP contribution in [0.1, 0.15) is 31.4 Å². The number of nitrogens with one attached hydrogen (secondary N) is 1. The van der Waals surface area contributed by atoms with Crippen LogP contribution in [0.2, 0.25) is 0 Å². The molecular weight excluding hydrogens is 265 g/mol. The number of hydrogen-bond donors (Lipinski definition) is 1. The van der Waals surface area contributed by atoms with Crippen molar-refractivity contribution in [2.75, 3.05) is 19.6 Å². The summed E-state index contributed by atoms with van der Waals surface area (Å²) >= 11 is 0. The molecule has 0 radical (unpaired) electrons. The molecule has 0 saturated carbocycles. The first kappa shape index (κ1) is 15.3. The zero-order valence-corrected chi connectivity index (χ0v) is 11.7. The van der Waals surface area contributed by atoms with Crippen LogP contribution in [-0.4, -0.2) is 36.8 Å². The Morgan fingerprint density at radius 3 is 2.30 bits per heavy atom. The summed E-state index contributed by atoms with van der Waals surface area (Å²) in [7, 11) is 0. The number of nitrogens with zero attached hydrogens (tertiary/aromatic N) is 1. The molecule has 1 heterocycles. The van der Waals surface area contributed by atoms with E-state index < -0.39 is 12.2 Å². The highest BCUT2D eigenvalue weighted by atomic mass is 19.4. The third-order valence-electron chi connectivity index (χ3n) is 3.90. The summed E-state index contributed by atoms with van der Waals surface area (Å²) < 4.78 is 40.6. The average molecular weight is 286 g/mol. The zero-order valence-electron chi connectivity index (χ0n) is 11.7. The van der Waals surface area contributed by atoms with Crippen molar-refractivity contribution in [3.05, 3.63) is 35.9 Å². The summed E-state index contributed by atoms with van der Waals surface area (Å²) in [6.07, 6.45) is -2.71. The minimum atomic E-state index is -4.25. The molecule has 0 bridgehead atoms. The van der Waals surface area contributed by atoms with Gasteiger partial charge in [-0.1, -0.05) is 37.3 Å². The van der Waals surface area contributed by atoms with Crippen molar-refractivity contribution >= 4 is 0 Å². The van der Waals surface area contributed by atoms with Gasteiger partial charge in [0.25, 0.3) is 0 Å². The Bertz CT molecular complexity index is 399. The first-order valence-corrected chi connectivity index (χ1v) is 7.12. The highest BCUT2D eigenvalue weighted by Gasteiger charge is 2.46. The first-order valence-electron chi connectivity index (χ1n) is 7.12. The molecule has 2 nitrogen and oxygen atoms in total. The van der Waals surface area contributed by atoms with Crippen molar-refractivity contribution in [3.8, 4) is 0 Å². The molecule has 5 heteroatoms. The molecule has 1 saturated heterocycles. The molecule has 1 aliphatic rings. The molecule has 0 aromatic heterocycles. The van der Waals surface area contributed by atoms with E-state index in [9.17, 15) is 13.2 Å². The fourth-order valence-corrected chi connectivity index (χ4v) is 2.99. The second kappa shape index (κ2) is 6.59. The minimum absolute atomic E-state index is 0.00641. The molecule has 0 amide bonds. The standard InChI is InChI=1S/C15H21F3N2/c1-2-20(13-8-10-19-11-9-13)14(15(16,17)18)12-6-4-3-5-7-12/h3-7,13-14,19H,2,8-11H2,1H3. The van der Waals surface area contributed by atoms with Crippen LogP contribution in [0.25, 0.3) is 0 Å². The van der Waals surface area contributed by atoms with E-state index in [1.807, 2.05) is 6.92 Å². The summed E-state index contributed by atoms with van der Waals surface area (Å²) in [4.78, 5) is 1.61. The van der Waals surface area contributed by atoms with Gasteiger partial charge < -0.3 is 5.32 Å². The van der Waals surface area contributed by atoms with Gasteiger partial charge in [0.05, 0.1) is 0 Å². The summed E-state index contributed by atoms with van der Waals surface area (Å²) in [5.74, 6) is 0. The lowest BCUT2D eigenvalue weighted by molar-refractivity contribution is -0.193. The zero-order chi connectivity index (χ0) is 14.6. The van der Waals surface area contributed by atoms with Crippen LogP contribution in [0, 0.1) is 0 Å². The third kappa shape index (κ3) is 3.52. The van der Waals surface area contributed by atoms with Crippen molar-refractivity contribution in [2.45, 2.75) is 38.0 Å². The summed E-state index contributed by atoms with van der Waals surface area (Å²) in [5, 5.41) is 3.20. The molecule has 0 spiro atoms. The van der Waals surface area contributed by atoms with Gasteiger partial charge >= 0.3 is 6.18 Å². The van der Waals surface area contributed by atoms with Gasteiger partial charge in [-0.05, 0) is 38.0 Å². The minimum Gasteiger partial charge on any atom is -0.317 e. The second-order valence-corrected chi connectivity index (χ2v) is 5.17. The Kier molecular flexibility index (Phi) is 5.05. The van der Waals surface area contributed by atoms with Crippen LogP contribution >= 0.6 is 0 Å². The fraction of sp³-hybridized carbons (Fsp3) is 0.600. The SMILES string of the molecule is CCN(C1CCNCC1)C(c1ccccc1)C(F)(F)F. The first-order chi connectivity index (χ1) is 9.54. The van der Waals surface area contributed by atoms with Crippen molar-refractivity contribution in [1.82, 2.24) is 10.2 Å². The monoisotopic (exact) mass is 286 g/mol. The Morgan fingerprint density at radius 2 is 1.80 bits per heavy atom. The number of rotatable bonds is 4. The number of halogens is 3. The fourth-order valence-electron chi connectivity index (χ4n) is 2.99. The van der Waals surface area contributed by atoms with E-state index in [1.165, 1.54) is 0 Å². The maximum atomic E-state index is 13.5. The van der Waals surface area contributed by atoms with E-state index in [2.05, 4.69) is 5.32 Å². The largest absolute Gasteiger partial charge is 0.408 e. The number of alkyl halides is 3. The van der Waals surface area contributed by atoms with Gasteiger partial charge in [-0.15, -0.1) is 0 Å². The van der Waals surface area contributed by atoms with E-state index in [1.54, 1.807) is 35.2 Å². The molecule has 1 aliphatic heterocycles. The topological polar surface area (TPSA) is 15.3 Å². The summed E-state index contributed by atoms with van der Waals surface area (Å²) in [6, 6.07) is 6.72. The van der Waals surface area contributed by atoms with Crippen molar-refractivity contribution in [1.29, 1.82) is 0 Å². The molecular formula is C15H21F3N2. The van der Waals surface area contributed by atoms with Crippen molar-refractivity contribution in [2.24, 2.45) is 0 Å². The highest BCUT2D eigenvalue weighted by Crippen LogP contribution is 2.39. The summed E-state index contributed by atoms with van der Waals surface area (Å²) in [5.41, 5.74) is 0.334. The lowest BCUT2D eigenvalue weighted by Gasteiger charge is -2.40. The van der Waals surface area contributed by atoms with Crippen LogP contribution in [0.5, 0.6) is 0 Å². The van der Waals surface area contributed by atoms with Gasteiger partial charge in [0.1, 0.15) is 6.04 Å². The molecule has 1 atom stereocenters. The number of piperidine rings is 1. The molecule has 20 heavy (non-hydrogen) atoms. The smallest absolute Gasteiger partial charge is 0.317 e. The molecule has 112 valence electrons. The van der Waals surface area contributed by atoms with Crippen molar-refractivity contribution in [3.63, 3.8) is 0 Å². The van der Waals surface area contributed by atoms with Crippen LogP contribution < -0.4 is 5.32 Å². The van der Waals surface area contributed by atoms with Gasteiger partial charge in [0.2, 0.25) is 0 Å². The van der Waals surface area contributed by atoms with Gasteiger partial charge in [-0.25, -0.2) is 0 Å². The Hall–Kier alpha value is -1.07. The molecule has 2 rings (SSSR count). The number of benzene rings is 1. The van der Waals surface area contributed by atoms with E-state index in [-0.39, 0.29) is 6.04 Å². The molecule has 1 N–H and O–H groups in total. The summed E-state index contributed by atoms with van der Waals surface area (Å²) in [6.45, 7) is 3.80. The maximum absolute atomic E-state index is 13.5. The van der Waals surface area contributed by atoms with E-state index in [4.69, 9.17) is 0 Å². The normalized spacial score (nSPS) is 19.2. The predicted octanol–water partition coefficient (Wildman–Crippen LogP) is 3.36. The molecule has 1 unspecified atom stereocenters. The van der Waals surface area contributed by atoms with Gasteiger partial charge in [0, 0.05) is 6.04 Å². The average Bonchev–Trinajstić information content (AvgIpc) is 2.45. The second-order valence-electron chi connectivity index (χ2n) is 5.17. The van der Waals surface area contributed by atoms with Crippen LogP contribution in [0.4, 0.5) is 13.2 Å². The third-order valence-corrected chi connectivity index (χ3v) is 3.90. The lowest BCUT2D eigenvalue weighted by Crippen LogP contribution is -2.48. The lowest BCUT2D eigenvalue weighted by atomic mass is 9.98.